The number of halogens is 1. The van der Waals surface area contributed by atoms with Crippen molar-refractivity contribution in [1.82, 2.24) is 0 Å². The molecule has 0 amide bonds. The Morgan fingerprint density at radius 2 is 2.23 bits per heavy atom. The minimum absolute atomic E-state index is 0.819. The Morgan fingerprint density at radius 3 is 2.92 bits per heavy atom. The number of rotatable bonds is 1. The van der Waals surface area contributed by atoms with Crippen LogP contribution in [0.1, 0.15) is 5.56 Å². The van der Waals surface area contributed by atoms with E-state index in [1.165, 1.54) is 15.6 Å². The first-order valence-corrected chi connectivity index (χ1v) is 6.16. The molecule has 2 aromatic rings. The smallest absolute Gasteiger partial charge is 0.0868 e. The van der Waals surface area contributed by atoms with Gasteiger partial charge >= 0.3 is 0 Å². The van der Waals surface area contributed by atoms with Gasteiger partial charge in [0.25, 0.3) is 0 Å². The first-order chi connectivity index (χ1) is 6.22. The molecule has 0 radical (unpaired) electrons. The second kappa shape index (κ2) is 3.52. The SMILES string of the molecule is Nc1cc2c(CBr)c(S)ccc2s1. The van der Waals surface area contributed by atoms with Crippen LogP contribution in [0.5, 0.6) is 0 Å². The molecule has 0 saturated carbocycles. The predicted octanol–water partition coefficient (Wildman–Crippen LogP) is 3.67. The maximum Gasteiger partial charge on any atom is 0.0868 e. The third kappa shape index (κ3) is 1.58. The molecule has 4 heteroatoms. The summed E-state index contributed by atoms with van der Waals surface area (Å²) in [7, 11) is 0. The summed E-state index contributed by atoms with van der Waals surface area (Å²) >= 11 is 9.46. The molecule has 13 heavy (non-hydrogen) atoms. The van der Waals surface area contributed by atoms with Crippen LogP contribution >= 0.6 is 39.9 Å². The van der Waals surface area contributed by atoms with Gasteiger partial charge in [0.2, 0.25) is 0 Å². The molecule has 0 bridgehead atoms. The van der Waals surface area contributed by atoms with Crippen LogP contribution < -0.4 is 5.73 Å². The van der Waals surface area contributed by atoms with E-state index >= 15 is 0 Å². The molecule has 68 valence electrons. The van der Waals surface area contributed by atoms with E-state index in [1.807, 2.05) is 12.1 Å². The molecule has 0 unspecified atom stereocenters. The first kappa shape index (κ1) is 9.37. The monoisotopic (exact) mass is 273 g/mol. The molecule has 0 fully saturated rings. The highest BCUT2D eigenvalue weighted by molar-refractivity contribution is 9.08. The summed E-state index contributed by atoms with van der Waals surface area (Å²) in [6.07, 6.45) is 0. The molecule has 0 saturated heterocycles. The van der Waals surface area contributed by atoms with Crippen LogP contribution in [0.4, 0.5) is 5.00 Å². The van der Waals surface area contributed by atoms with Crippen molar-refractivity contribution < 1.29 is 0 Å². The van der Waals surface area contributed by atoms with E-state index in [0.717, 1.165) is 15.2 Å². The Labute approximate surface area is 94.5 Å². The van der Waals surface area contributed by atoms with Crippen molar-refractivity contribution in [3.8, 4) is 0 Å². The lowest BCUT2D eigenvalue weighted by molar-refractivity contribution is 1.34. The largest absolute Gasteiger partial charge is 0.391 e. The van der Waals surface area contributed by atoms with Crippen molar-refractivity contribution in [1.29, 1.82) is 0 Å². The molecular formula is C9H8BrNS2. The number of nitrogens with two attached hydrogens (primary N) is 1. The summed E-state index contributed by atoms with van der Waals surface area (Å²) in [5, 5.41) is 2.89. The number of benzene rings is 1. The standard InChI is InChI=1S/C9H8BrNS2/c10-4-6-5-3-9(11)13-8(5)2-1-7(6)12/h1-3,12H,4,11H2. The Balaban J connectivity index is 2.82. The Morgan fingerprint density at radius 1 is 1.46 bits per heavy atom. The maximum atomic E-state index is 5.74. The average Bonchev–Trinajstić information content (AvgIpc) is 2.45. The number of thiophene rings is 1. The van der Waals surface area contributed by atoms with Crippen molar-refractivity contribution in [2.24, 2.45) is 0 Å². The van der Waals surface area contributed by atoms with Crippen molar-refractivity contribution >= 4 is 55.0 Å². The van der Waals surface area contributed by atoms with Gasteiger partial charge in [-0.2, -0.15) is 0 Å². The first-order valence-electron chi connectivity index (χ1n) is 3.78. The Kier molecular flexibility index (Phi) is 2.53. The van der Waals surface area contributed by atoms with Crippen LogP contribution in [-0.2, 0) is 5.33 Å². The van der Waals surface area contributed by atoms with Gasteiger partial charge in [-0.1, -0.05) is 15.9 Å². The van der Waals surface area contributed by atoms with Crippen LogP contribution in [0.15, 0.2) is 23.1 Å². The van der Waals surface area contributed by atoms with Gasteiger partial charge in [-0.25, -0.2) is 0 Å². The van der Waals surface area contributed by atoms with E-state index in [9.17, 15) is 0 Å². The van der Waals surface area contributed by atoms with E-state index in [0.29, 0.717) is 0 Å². The van der Waals surface area contributed by atoms with Gasteiger partial charge in [0.15, 0.2) is 0 Å². The van der Waals surface area contributed by atoms with Gasteiger partial charge in [-0.3, -0.25) is 0 Å². The molecule has 1 aromatic carbocycles. The van der Waals surface area contributed by atoms with Crippen molar-refractivity contribution in [2.45, 2.75) is 10.2 Å². The summed E-state index contributed by atoms with van der Waals surface area (Å²) < 4.78 is 1.23. The zero-order valence-corrected chi connectivity index (χ0v) is 10.0. The maximum absolute atomic E-state index is 5.74. The number of anilines is 1. The van der Waals surface area contributed by atoms with Gasteiger partial charge in [0, 0.05) is 14.9 Å². The summed E-state index contributed by atoms with van der Waals surface area (Å²) in [5.74, 6) is 0. The van der Waals surface area contributed by atoms with Crippen LogP contribution in [-0.4, -0.2) is 0 Å². The molecule has 1 heterocycles. The molecule has 0 aliphatic carbocycles. The second-order valence-electron chi connectivity index (χ2n) is 2.76. The van der Waals surface area contributed by atoms with Crippen molar-refractivity contribution in [3.05, 3.63) is 23.8 Å². The number of fused-ring (bicyclic) bond motifs is 1. The number of nitrogen functional groups attached to an aromatic ring is 1. The minimum Gasteiger partial charge on any atom is -0.391 e. The van der Waals surface area contributed by atoms with Crippen LogP contribution in [0.2, 0.25) is 0 Å². The van der Waals surface area contributed by atoms with Crippen LogP contribution in [0, 0.1) is 0 Å². The van der Waals surface area contributed by atoms with E-state index in [-0.39, 0.29) is 0 Å². The quantitative estimate of drug-likeness (QED) is 0.602. The van der Waals surface area contributed by atoms with Gasteiger partial charge in [-0.15, -0.1) is 24.0 Å². The van der Waals surface area contributed by atoms with E-state index in [2.05, 4.69) is 34.6 Å². The lowest BCUT2D eigenvalue weighted by atomic mass is 10.1. The summed E-state index contributed by atoms with van der Waals surface area (Å²) in [6.45, 7) is 0. The molecule has 0 aliphatic rings. The molecule has 1 aromatic heterocycles. The number of alkyl halides is 1. The molecule has 0 aliphatic heterocycles. The molecule has 2 rings (SSSR count). The van der Waals surface area contributed by atoms with Gasteiger partial charge in [-0.05, 0) is 29.1 Å². The van der Waals surface area contributed by atoms with Crippen LogP contribution in [0.25, 0.3) is 10.1 Å². The Bertz CT molecular complexity index is 450. The van der Waals surface area contributed by atoms with Crippen molar-refractivity contribution in [2.75, 3.05) is 5.73 Å². The highest BCUT2D eigenvalue weighted by atomic mass is 79.9. The summed E-state index contributed by atoms with van der Waals surface area (Å²) in [5.41, 5.74) is 6.96. The van der Waals surface area contributed by atoms with Gasteiger partial charge < -0.3 is 5.73 Å². The normalized spacial score (nSPS) is 10.9. The molecule has 0 spiro atoms. The molecule has 1 nitrogen and oxygen atoms in total. The topological polar surface area (TPSA) is 26.0 Å². The molecular weight excluding hydrogens is 266 g/mol. The summed E-state index contributed by atoms with van der Waals surface area (Å²) in [6, 6.07) is 6.08. The minimum atomic E-state index is 0.819. The average molecular weight is 274 g/mol. The number of hydrogen-bond acceptors (Lipinski definition) is 3. The zero-order valence-electron chi connectivity index (χ0n) is 6.75. The lowest BCUT2D eigenvalue weighted by Crippen LogP contribution is -1.81. The Hall–Kier alpha value is -0.190. The number of thiol groups is 1. The fourth-order valence-corrected chi connectivity index (χ4v) is 3.27. The van der Waals surface area contributed by atoms with E-state index < -0.39 is 0 Å². The van der Waals surface area contributed by atoms with Gasteiger partial charge in [0.05, 0.1) is 5.00 Å². The number of hydrogen-bond donors (Lipinski definition) is 2. The van der Waals surface area contributed by atoms with E-state index in [1.54, 1.807) is 11.3 Å². The van der Waals surface area contributed by atoms with Gasteiger partial charge in [0.1, 0.15) is 0 Å². The lowest BCUT2D eigenvalue weighted by Gasteiger charge is -2.01. The third-order valence-electron chi connectivity index (χ3n) is 1.94. The fraction of sp³-hybridized carbons (Fsp3) is 0.111. The molecule has 0 atom stereocenters. The zero-order chi connectivity index (χ0) is 9.42. The van der Waals surface area contributed by atoms with Crippen molar-refractivity contribution in [3.63, 3.8) is 0 Å². The highest BCUT2D eigenvalue weighted by Gasteiger charge is 2.06. The summed E-state index contributed by atoms with van der Waals surface area (Å²) in [4.78, 5) is 1.02. The third-order valence-corrected chi connectivity index (χ3v) is 3.85. The predicted molar refractivity (Wildman–Crippen MR) is 66.1 cm³/mol. The fourth-order valence-electron chi connectivity index (χ4n) is 1.32. The molecule has 2 N–H and O–H groups in total. The van der Waals surface area contributed by atoms with Crippen LogP contribution in [0.3, 0.4) is 0 Å². The second-order valence-corrected chi connectivity index (χ2v) is 4.92. The van der Waals surface area contributed by atoms with E-state index in [4.69, 9.17) is 5.73 Å². The highest BCUT2D eigenvalue weighted by Crippen LogP contribution is 2.34.